The average Bonchev–Trinajstić information content (AvgIpc) is 3.01. The van der Waals surface area contributed by atoms with Gasteiger partial charge in [0.2, 0.25) is 0 Å². The highest BCUT2D eigenvalue weighted by molar-refractivity contribution is 5.72. The molecule has 1 saturated heterocycles. The molecule has 0 aromatic carbocycles. The highest BCUT2D eigenvalue weighted by Crippen LogP contribution is 2.27. The summed E-state index contributed by atoms with van der Waals surface area (Å²) in [5.41, 5.74) is 5.40. The van der Waals surface area contributed by atoms with Gasteiger partial charge in [0.1, 0.15) is 0 Å². The lowest BCUT2D eigenvalue weighted by Crippen LogP contribution is -2.54. The van der Waals surface area contributed by atoms with Crippen molar-refractivity contribution in [2.45, 2.75) is 45.2 Å². The van der Waals surface area contributed by atoms with Crippen molar-refractivity contribution in [2.24, 2.45) is 17.6 Å². The Hall–Kier alpha value is -0.770. The quantitative estimate of drug-likeness (QED) is 0.757. The molecule has 0 bridgehead atoms. The molecule has 2 amide bonds. The van der Waals surface area contributed by atoms with E-state index in [2.05, 4.69) is 19.2 Å². The number of carbonyl (C=O) groups excluding carboxylic acids is 1. The first-order chi connectivity index (χ1) is 7.56. The summed E-state index contributed by atoms with van der Waals surface area (Å²) in [6.07, 6.45) is 3.76. The van der Waals surface area contributed by atoms with E-state index in [0.717, 1.165) is 13.1 Å². The molecule has 3 N–H and O–H groups in total. The monoisotopic (exact) mass is 225 g/mol. The van der Waals surface area contributed by atoms with Crippen LogP contribution in [0.25, 0.3) is 0 Å². The summed E-state index contributed by atoms with van der Waals surface area (Å²) in [4.78, 5) is 13.1. The van der Waals surface area contributed by atoms with Crippen molar-refractivity contribution in [3.63, 3.8) is 0 Å². The Labute approximate surface area is 97.6 Å². The Balaban J connectivity index is 1.94. The van der Waals surface area contributed by atoms with Crippen molar-refractivity contribution in [1.29, 1.82) is 0 Å². The van der Waals surface area contributed by atoms with E-state index in [9.17, 15) is 4.79 Å². The molecule has 2 fully saturated rings. The van der Waals surface area contributed by atoms with Gasteiger partial charge in [-0.15, -0.1) is 0 Å². The van der Waals surface area contributed by atoms with E-state index >= 15 is 0 Å². The molecule has 92 valence electrons. The SMILES string of the molecule is CC(C)C1CC(NC2CC2)CN(C(N)=O)C1. The molecular weight excluding hydrogens is 202 g/mol. The lowest BCUT2D eigenvalue weighted by Gasteiger charge is -2.39. The molecule has 0 aromatic rings. The molecule has 0 radical (unpaired) electrons. The van der Waals surface area contributed by atoms with Crippen LogP contribution >= 0.6 is 0 Å². The van der Waals surface area contributed by atoms with Gasteiger partial charge in [0, 0.05) is 25.2 Å². The van der Waals surface area contributed by atoms with Crippen LogP contribution in [-0.4, -0.2) is 36.1 Å². The summed E-state index contributed by atoms with van der Waals surface area (Å²) in [6, 6.07) is 0.875. The predicted octanol–water partition coefficient (Wildman–Crippen LogP) is 1.16. The molecule has 1 heterocycles. The van der Waals surface area contributed by atoms with E-state index in [1.807, 2.05) is 0 Å². The van der Waals surface area contributed by atoms with Gasteiger partial charge in [-0.1, -0.05) is 13.8 Å². The molecule has 0 spiro atoms. The fourth-order valence-corrected chi connectivity index (χ4v) is 2.51. The number of rotatable bonds is 3. The number of urea groups is 1. The number of carbonyl (C=O) groups is 1. The second-order valence-electron chi connectivity index (χ2n) is 5.62. The minimum atomic E-state index is -0.270. The van der Waals surface area contributed by atoms with Gasteiger partial charge in [-0.3, -0.25) is 0 Å². The molecule has 2 unspecified atom stereocenters. The van der Waals surface area contributed by atoms with Crippen molar-refractivity contribution in [2.75, 3.05) is 13.1 Å². The van der Waals surface area contributed by atoms with E-state index in [4.69, 9.17) is 5.73 Å². The average molecular weight is 225 g/mol. The maximum atomic E-state index is 11.3. The van der Waals surface area contributed by atoms with E-state index in [1.165, 1.54) is 19.3 Å². The maximum Gasteiger partial charge on any atom is 0.314 e. The Bertz CT molecular complexity index is 263. The minimum Gasteiger partial charge on any atom is -0.351 e. The molecule has 1 aliphatic carbocycles. The number of hydrogen-bond acceptors (Lipinski definition) is 2. The van der Waals surface area contributed by atoms with Crippen molar-refractivity contribution in [3.8, 4) is 0 Å². The Kier molecular flexibility index (Phi) is 3.38. The van der Waals surface area contributed by atoms with Gasteiger partial charge in [-0.2, -0.15) is 0 Å². The van der Waals surface area contributed by atoms with Crippen molar-refractivity contribution in [3.05, 3.63) is 0 Å². The smallest absolute Gasteiger partial charge is 0.314 e. The van der Waals surface area contributed by atoms with Crippen LogP contribution in [0.3, 0.4) is 0 Å². The van der Waals surface area contributed by atoms with Crippen LogP contribution in [0.2, 0.25) is 0 Å². The van der Waals surface area contributed by atoms with E-state index in [-0.39, 0.29) is 6.03 Å². The van der Waals surface area contributed by atoms with Crippen LogP contribution in [0.4, 0.5) is 4.79 Å². The number of primary amides is 1. The number of hydrogen-bond donors (Lipinski definition) is 2. The van der Waals surface area contributed by atoms with Crippen LogP contribution in [0.1, 0.15) is 33.1 Å². The molecule has 16 heavy (non-hydrogen) atoms. The van der Waals surface area contributed by atoms with E-state index < -0.39 is 0 Å². The van der Waals surface area contributed by atoms with Crippen LogP contribution in [0.5, 0.6) is 0 Å². The summed E-state index contributed by atoms with van der Waals surface area (Å²) in [5.74, 6) is 1.20. The van der Waals surface area contributed by atoms with Gasteiger partial charge in [-0.25, -0.2) is 4.79 Å². The van der Waals surface area contributed by atoms with E-state index in [0.29, 0.717) is 23.9 Å². The molecule has 0 aromatic heterocycles. The van der Waals surface area contributed by atoms with Crippen molar-refractivity contribution >= 4 is 6.03 Å². The fraction of sp³-hybridized carbons (Fsp3) is 0.917. The fourth-order valence-electron chi connectivity index (χ4n) is 2.51. The highest BCUT2D eigenvalue weighted by atomic mass is 16.2. The van der Waals surface area contributed by atoms with Gasteiger partial charge < -0.3 is 16.0 Å². The van der Waals surface area contributed by atoms with Gasteiger partial charge >= 0.3 is 6.03 Å². The summed E-state index contributed by atoms with van der Waals surface area (Å²) >= 11 is 0. The summed E-state index contributed by atoms with van der Waals surface area (Å²) in [7, 11) is 0. The third-order valence-electron chi connectivity index (χ3n) is 3.79. The molecule has 2 rings (SSSR count). The van der Waals surface area contributed by atoms with Gasteiger partial charge in [-0.05, 0) is 31.1 Å². The first-order valence-electron chi connectivity index (χ1n) is 6.36. The molecule has 4 nitrogen and oxygen atoms in total. The lowest BCUT2D eigenvalue weighted by molar-refractivity contribution is 0.132. The Morgan fingerprint density at radius 1 is 1.31 bits per heavy atom. The first-order valence-corrected chi connectivity index (χ1v) is 6.36. The van der Waals surface area contributed by atoms with Crippen LogP contribution in [0, 0.1) is 11.8 Å². The van der Waals surface area contributed by atoms with Gasteiger partial charge in [0.15, 0.2) is 0 Å². The number of amides is 2. The zero-order valence-corrected chi connectivity index (χ0v) is 10.3. The van der Waals surface area contributed by atoms with Crippen LogP contribution in [-0.2, 0) is 0 Å². The summed E-state index contributed by atoms with van der Waals surface area (Å²) in [5, 5.41) is 3.61. The van der Waals surface area contributed by atoms with Gasteiger partial charge in [0.25, 0.3) is 0 Å². The molecule has 4 heteroatoms. The predicted molar refractivity (Wildman–Crippen MR) is 64.0 cm³/mol. The molecule has 1 saturated carbocycles. The zero-order chi connectivity index (χ0) is 11.7. The minimum absolute atomic E-state index is 0.270. The zero-order valence-electron chi connectivity index (χ0n) is 10.3. The second-order valence-corrected chi connectivity index (χ2v) is 5.62. The largest absolute Gasteiger partial charge is 0.351 e. The number of nitrogens with two attached hydrogens (primary N) is 1. The number of likely N-dealkylation sites (tertiary alicyclic amines) is 1. The highest BCUT2D eigenvalue weighted by Gasteiger charge is 2.33. The molecular formula is C12H23N3O. The first kappa shape index (κ1) is 11.7. The van der Waals surface area contributed by atoms with E-state index in [1.54, 1.807) is 4.90 Å². The third kappa shape index (κ3) is 2.88. The summed E-state index contributed by atoms with van der Waals surface area (Å²) in [6.45, 7) is 6.07. The number of nitrogens with zero attached hydrogens (tertiary/aromatic N) is 1. The molecule has 1 aliphatic heterocycles. The van der Waals surface area contributed by atoms with Gasteiger partial charge in [0.05, 0.1) is 0 Å². The summed E-state index contributed by atoms with van der Waals surface area (Å²) < 4.78 is 0. The topological polar surface area (TPSA) is 58.4 Å². The number of piperidine rings is 1. The Morgan fingerprint density at radius 2 is 2.00 bits per heavy atom. The van der Waals surface area contributed by atoms with Crippen molar-refractivity contribution in [1.82, 2.24) is 10.2 Å². The van der Waals surface area contributed by atoms with Crippen molar-refractivity contribution < 1.29 is 4.79 Å². The molecule has 2 atom stereocenters. The standard InChI is InChI=1S/C12H23N3O/c1-8(2)9-5-11(14-10-3-4-10)7-15(6-9)12(13)16/h8-11,14H,3-7H2,1-2H3,(H2,13,16). The number of nitrogens with one attached hydrogen (secondary N) is 1. The normalized spacial score (nSPS) is 30.8. The second kappa shape index (κ2) is 4.62. The molecule has 2 aliphatic rings. The lowest BCUT2D eigenvalue weighted by atomic mass is 9.85. The maximum absolute atomic E-state index is 11.3. The van der Waals surface area contributed by atoms with Crippen LogP contribution in [0.15, 0.2) is 0 Å². The third-order valence-corrected chi connectivity index (χ3v) is 3.79. The Morgan fingerprint density at radius 3 is 2.50 bits per heavy atom. The van der Waals surface area contributed by atoms with Crippen LogP contribution < -0.4 is 11.1 Å².